The first kappa shape index (κ1) is 13.2. The van der Waals surface area contributed by atoms with E-state index in [0.29, 0.717) is 5.56 Å². The number of rotatable bonds is 2. The second-order valence-corrected chi connectivity index (χ2v) is 4.46. The van der Waals surface area contributed by atoms with Gasteiger partial charge in [0.15, 0.2) is 0 Å². The van der Waals surface area contributed by atoms with E-state index in [-0.39, 0.29) is 11.7 Å². The first-order chi connectivity index (χ1) is 8.56. The molecule has 1 unspecified atom stereocenters. The number of alkyl halides is 3. The lowest BCUT2D eigenvalue weighted by molar-refractivity contribution is -0.275. The fourth-order valence-electron chi connectivity index (χ4n) is 2.37. The minimum Gasteiger partial charge on any atom is -0.405 e. The van der Waals surface area contributed by atoms with Crippen molar-refractivity contribution >= 4 is 0 Å². The minimum atomic E-state index is -4.63. The summed E-state index contributed by atoms with van der Waals surface area (Å²) < 4.78 is 41.1. The van der Waals surface area contributed by atoms with Crippen molar-refractivity contribution in [3.63, 3.8) is 0 Å². The Kier molecular flexibility index (Phi) is 4.11. The van der Waals surface area contributed by atoms with Crippen LogP contribution in [-0.4, -0.2) is 19.5 Å². The summed E-state index contributed by atoms with van der Waals surface area (Å²) in [6, 6.07) is 6.45. The van der Waals surface area contributed by atoms with Crippen LogP contribution < -0.4 is 10.1 Å². The maximum Gasteiger partial charge on any atom is 0.573 e. The van der Waals surface area contributed by atoms with Crippen molar-refractivity contribution < 1.29 is 17.9 Å². The molecule has 0 radical (unpaired) electrons. The Bertz CT molecular complexity index is 384. The molecule has 0 saturated carbocycles. The van der Waals surface area contributed by atoms with Gasteiger partial charge in [0, 0.05) is 0 Å². The molecule has 0 aliphatic carbocycles. The maximum atomic E-state index is 12.3. The molecule has 1 fully saturated rings. The van der Waals surface area contributed by atoms with E-state index in [1.54, 1.807) is 18.2 Å². The summed E-state index contributed by atoms with van der Waals surface area (Å²) in [5.41, 5.74) is 0.665. The molecule has 2 nitrogen and oxygen atoms in total. The molecule has 0 bridgehead atoms. The topological polar surface area (TPSA) is 21.3 Å². The normalized spacial score (nSPS) is 21.4. The van der Waals surface area contributed by atoms with Gasteiger partial charge in [-0.1, -0.05) is 18.2 Å². The Balaban J connectivity index is 2.20. The van der Waals surface area contributed by atoms with Crippen LogP contribution in [0.1, 0.15) is 30.7 Å². The van der Waals surface area contributed by atoms with Crippen LogP contribution in [0.3, 0.4) is 0 Å². The van der Waals surface area contributed by atoms with Gasteiger partial charge in [0.25, 0.3) is 0 Å². The van der Waals surface area contributed by atoms with Crippen LogP contribution >= 0.6 is 0 Å². The molecule has 18 heavy (non-hydrogen) atoms. The van der Waals surface area contributed by atoms with Crippen molar-refractivity contribution in [1.29, 1.82) is 0 Å². The molecule has 1 N–H and O–H groups in total. The Morgan fingerprint density at radius 3 is 2.67 bits per heavy atom. The molecule has 0 amide bonds. The van der Waals surface area contributed by atoms with Gasteiger partial charge in [0.05, 0.1) is 0 Å². The molecule has 1 atom stereocenters. The van der Waals surface area contributed by atoms with Gasteiger partial charge in [-0.25, -0.2) is 0 Å². The third kappa shape index (κ3) is 3.63. The van der Waals surface area contributed by atoms with Gasteiger partial charge in [0.1, 0.15) is 5.75 Å². The van der Waals surface area contributed by atoms with E-state index in [1.165, 1.54) is 6.07 Å². The monoisotopic (exact) mass is 259 g/mol. The van der Waals surface area contributed by atoms with Crippen molar-refractivity contribution in [2.24, 2.45) is 0 Å². The average molecular weight is 259 g/mol. The summed E-state index contributed by atoms with van der Waals surface area (Å²) in [6.45, 7) is 1.77. The lowest BCUT2D eigenvalue weighted by atomic mass is 9.91. The molecule has 1 aromatic rings. The van der Waals surface area contributed by atoms with Crippen molar-refractivity contribution in [2.45, 2.75) is 31.5 Å². The number of halogens is 3. The SMILES string of the molecule is FC(F)(F)Oc1ccccc1C1CCCNCC1. The predicted molar refractivity (Wildman–Crippen MR) is 62.6 cm³/mol. The second kappa shape index (κ2) is 5.61. The molecular weight excluding hydrogens is 243 g/mol. The molecule has 2 rings (SSSR count). The smallest absolute Gasteiger partial charge is 0.405 e. The molecular formula is C13H16F3NO. The highest BCUT2D eigenvalue weighted by Gasteiger charge is 2.32. The number of benzene rings is 1. The largest absolute Gasteiger partial charge is 0.573 e. The van der Waals surface area contributed by atoms with Crippen LogP contribution in [0.5, 0.6) is 5.75 Å². The predicted octanol–water partition coefficient (Wildman–Crippen LogP) is 3.44. The highest BCUT2D eigenvalue weighted by Crippen LogP contribution is 2.35. The lowest BCUT2D eigenvalue weighted by Crippen LogP contribution is -2.19. The number of hydrogen-bond donors (Lipinski definition) is 1. The van der Waals surface area contributed by atoms with Gasteiger partial charge >= 0.3 is 6.36 Å². The quantitative estimate of drug-likeness (QED) is 0.878. The van der Waals surface area contributed by atoms with E-state index < -0.39 is 6.36 Å². The highest BCUT2D eigenvalue weighted by atomic mass is 19.4. The van der Waals surface area contributed by atoms with Gasteiger partial charge in [-0.15, -0.1) is 13.2 Å². The molecule has 0 aromatic heterocycles. The summed E-state index contributed by atoms with van der Waals surface area (Å²) in [6.07, 6.45) is -1.91. The molecule has 100 valence electrons. The van der Waals surface area contributed by atoms with E-state index in [1.807, 2.05) is 0 Å². The maximum absolute atomic E-state index is 12.3. The van der Waals surface area contributed by atoms with Crippen LogP contribution in [0.2, 0.25) is 0 Å². The van der Waals surface area contributed by atoms with E-state index in [9.17, 15) is 13.2 Å². The van der Waals surface area contributed by atoms with Crippen LogP contribution in [0.25, 0.3) is 0 Å². The Hall–Kier alpha value is -1.23. The van der Waals surface area contributed by atoms with Crippen molar-refractivity contribution in [3.8, 4) is 5.75 Å². The first-order valence-corrected chi connectivity index (χ1v) is 6.11. The van der Waals surface area contributed by atoms with Gasteiger partial charge in [-0.05, 0) is 49.9 Å². The van der Waals surface area contributed by atoms with Crippen molar-refractivity contribution in [2.75, 3.05) is 13.1 Å². The summed E-state index contributed by atoms with van der Waals surface area (Å²) >= 11 is 0. The van der Waals surface area contributed by atoms with Gasteiger partial charge in [-0.2, -0.15) is 0 Å². The second-order valence-electron chi connectivity index (χ2n) is 4.46. The summed E-state index contributed by atoms with van der Waals surface area (Å²) in [7, 11) is 0. The number of hydrogen-bond acceptors (Lipinski definition) is 2. The molecule has 1 aromatic carbocycles. The van der Waals surface area contributed by atoms with Gasteiger partial charge in [-0.3, -0.25) is 0 Å². The fraction of sp³-hybridized carbons (Fsp3) is 0.538. The van der Waals surface area contributed by atoms with Crippen LogP contribution in [0.4, 0.5) is 13.2 Å². The van der Waals surface area contributed by atoms with Gasteiger partial charge in [0.2, 0.25) is 0 Å². The highest BCUT2D eigenvalue weighted by molar-refractivity contribution is 5.36. The Morgan fingerprint density at radius 1 is 1.11 bits per heavy atom. The number of ether oxygens (including phenoxy) is 1. The Morgan fingerprint density at radius 2 is 1.89 bits per heavy atom. The van der Waals surface area contributed by atoms with E-state index in [4.69, 9.17) is 0 Å². The van der Waals surface area contributed by atoms with Gasteiger partial charge < -0.3 is 10.1 Å². The molecule has 1 saturated heterocycles. The number of para-hydroxylation sites is 1. The van der Waals surface area contributed by atoms with Crippen LogP contribution in [0.15, 0.2) is 24.3 Å². The molecule has 0 spiro atoms. The van der Waals surface area contributed by atoms with Crippen LogP contribution in [-0.2, 0) is 0 Å². The summed E-state index contributed by atoms with van der Waals surface area (Å²) in [5.74, 6) is 0.0791. The van der Waals surface area contributed by atoms with Crippen molar-refractivity contribution in [3.05, 3.63) is 29.8 Å². The standard InChI is InChI=1S/C13H16F3NO/c14-13(15,16)18-12-6-2-1-5-11(12)10-4-3-8-17-9-7-10/h1-2,5-6,10,17H,3-4,7-9H2. The minimum absolute atomic E-state index is 0.0584. The zero-order valence-electron chi connectivity index (χ0n) is 9.96. The van der Waals surface area contributed by atoms with E-state index in [2.05, 4.69) is 10.1 Å². The zero-order chi connectivity index (χ0) is 13.0. The van der Waals surface area contributed by atoms with Crippen LogP contribution in [0, 0.1) is 0 Å². The summed E-state index contributed by atoms with van der Waals surface area (Å²) in [5, 5.41) is 3.25. The third-order valence-corrected chi connectivity index (χ3v) is 3.16. The average Bonchev–Trinajstić information content (AvgIpc) is 2.56. The Labute approximate surface area is 104 Å². The lowest BCUT2D eigenvalue weighted by Gasteiger charge is -2.19. The van der Waals surface area contributed by atoms with Crippen molar-refractivity contribution in [1.82, 2.24) is 5.32 Å². The molecule has 5 heteroatoms. The fourth-order valence-corrected chi connectivity index (χ4v) is 2.37. The van der Waals surface area contributed by atoms with E-state index in [0.717, 1.165) is 32.4 Å². The van der Waals surface area contributed by atoms with E-state index >= 15 is 0 Å². The zero-order valence-corrected chi connectivity index (χ0v) is 9.96. The molecule has 1 aliphatic rings. The molecule has 1 aliphatic heterocycles. The first-order valence-electron chi connectivity index (χ1n) is 6.11. The number of nitrogens with one attached hydrogen (secondary N) is 1. The summed E-state index contributed by atoms with van der Waals surface area (Å²) in [4.78, 5) is 0. The molecule has 1 heterocycles. The third-order valence-electron chi connectivity index (χ3n) is 3.16.